The van der Waals surface area contributed by atoms with E-state index in [9.17, 15) is 8.42 Å². The van der Waals surface area contributed by atoms with Crippen LogP contribution in [0.5, 0.6) is 0 Å². The lowest BCUT2D eigenvalue weighted by Crippen LogP contribution is -2.46. The van der Waals surface area contributed by atoms with E-state index in [1.807, 2.05) is 0 Å². The molecule has 1 aliphatic carbocycles. The van der Waals surface area contributed by atoms with Gasteiger partial charge in [-0.2, -0.15) is 0 Å². The maximum atomic E-state index is 11.4. The summed E-state index contributed by atoms with van der Waals surface area (Å²) in [6.45, 7) is 6.29. The number of aliphatic imine (C=N–C) groups is 1. The van der Waals surface area contributed by atoms with Crippen LogP contribution in [0.4, 0.5) is 0 Å². The van der Waals surface area contributed by atoms with Crippen LogP contribution in [0.3, 0.4) is 0 Å². The van der Waals surface area contributed by atoms with Crippen molar-refractivity contribution in [3.8, 4) is 0 Å². The van der Waals surface area contributed by atoms with Crippen molar-refractivity contribution >= 4 is 39.8 Å². The first-order valence-electron chi connectivity index (χ1n) is 9.36. The molecule has 0 aromatic carbocycles. The Bertz CT molecular complexity index is 499. The molecule has 25 heavy (non-hydrogen) atoms. The van der Waals surface area contributed by atoms with Crippen molar-refractivity contribution in [2.75, 3.05) is 51.3 Å². The summed E-state index contributed by atoms with van der Waals surface area (Å²) >= 11 is 0. The summed E-state index contributed by atoms with van der Waals surface area (Å²) < 4.78 is 22.8. The third-order valence-electron chi connectivity index (χ3n) is 5.27. The van der Waals surface area contributed by atoms with Gasteiger partial charge >= 0.3 is 0 Å². The van der Waals surface area contributed by atoms with Crippen LogP contribution < -0.4 is 10.6 Å². The molecule has 0 bridgehead atoms. The van der Waals surface area contributed by atoms with Gasteiger partial charge in [-0.3, -0.25) is 9.89 Å². The van der Waals surface area contributed by atoms with Gasteiger partial charge in [0.15, 0.2) is 15.8 Å². The van der Waals surface area contributed by atoms with E-state index in [1.54, 1.807) is 7.05 Å². The number of nitrogens with one attached hydrogen (secondary N) is 2. The van der Waals surface area contributed by atoms with Crippen LogP contribution >= 0.6 is 24.0 Å². The Kier molecular flexibility index (Phi) is 10.6. The highest BCUT2D eigenvalue weighted by Gasteiger charge is 2.21. The molecule has 6 nitrogen and oxygen atoms in total. The largest absolute Gasteiger partial charge is 0.356 e. The van der Waals surface area contributed by atoms with E-state index in [-0.39, 0.29) is 24.0 Å². The predicted octanol–water partition coefficient (Wildman–Crippen LogP) is 1.72. The molecule has 1 saturated heterocycles. The van der Waals surface area contributed by atoms with Crippen molar-refractivity contribution in [3.63, 3.8) is 0 Å². The van der Waals surface area contributed by atoms with Gasteiger partial charge in [-0.05, 0) is 24.7 Å². The fourth-order valence-corrected chi connectivity index (χ4v) is 5.02. The number of halogens is 1. The van der Waals surface area contributed by atoms with Crippen molar-refractivity contribution in [1.29, 1.82) is 0 Å². The molecule has 0 radical (unpaired) electrons. The van der Waals surface area contributed by atoms with E-state index >= 15 is 0 Å². The average molecular weight is 486 g/mol. The first kappa shape index (κ1) is 23.0. The maximum absolute atomic E-state index is 11.4. The summed E-state index contributed by atoms with van der Waals surface area (Å²) in [6, 6.07) is 0. The third kappa shape index (κ3) is 8.90. The molecular formula is C17H35IN4O2S. The monoisotopic (exact) mass is 486 g/mol. The molecule has 2 aliphatic rings. The van der Waals surface area contributed by atoms with E-state index in [2.05, 4.69) is 27.4 Å². The van der Waals surface area contributed by atoms with E-state index in [1.165, 1.54) is 32.1 Å². The Labute approximate surface area is 170 Å². The number of rotatable bonds is 6. The summed E-state index contributed by atoms with van der Waals surface area (Å²) in [6.07, 6.45) is 6.73. The summed E-state index contributed by atoms with van der Waals surface area (Å²) in [7, 11) is -0.990. The van der Waals surface area contributed by atoms with E-state index in [0.717, 1.165) is 37.4 Å². The van der Waals surface area contributed by atoms with Gasteiger partial charge in [0.25, 0.3) is 0 Å². The molecule has 2 rings (SSSR count). The van der Waals surface area contributed by atoms with Crippen LogP contribution in [0.15, 0.2) is 4.99 Å². The first-order chi connectivity index (χ1) is 11.5. The molecule has 0 amide bonds. The molecule has 2 fully saturated rings. The van der Waals surface area contributed by atoms with E-state index < -0.39 is 9.84 Å². The molecule has 2 atom stereocenters. The molecule has 2 unspecified atom stereocenters. The number of sulfone groups is 1. The molecule has 148 valence electrons. The van der Waals surface area contributed by atoms with E-state index in [0.29, 0.717) is 24.6 Å². The van der Waals surface area contributed by atoms with Crippen molar-refractivity contribution in [2.24, 2.45) is 16.8 Å². The van der Waals surface area contributed by atoms with Gasteiger partial charge in [0, 0.05) is 39.8 Å². The quantitative estimate of drug-likeness (QED) is 0.340. The number of hydrogen-bond acceptors (Lipinski definition) is 4. The Balaban J connectivity index is 0.00000312. The molecule has 8 heteroatoms. The Hall–Kier alpha value is -0.0900. The van der Waals surface area contributed by atoms with Gasteiger partial charge in [-0.25, -0.2) is 8.42 Å². The molecule has 1 aliphatic heterocycles. The van der Waals surface area contributed by atoms with Crippen molar-refractivity contribution in [1.82, 2.24) is 15.5 Å². The van der Waals surface area contributed by atoms with Gasteiger partial charge < -0.3 is 10.6 Å². The SMILES string of the molecule is CN=C(NCCC1CCCC(C)C1)NCCN1CCS(=O)(=O)CC1.I. The molecule has 0 aromatic rings. The highest BCUT2D eigenvalue weighted by molar-refractivity contribution is 14.0. The minimum Gasteiger partial charge on any atom is -0.356 e. The molecule has 1 saturated carbocycles. The second kappa shape index (κ2) is 11.6. The van der Waals surface area contributed by atoms with Crippen molar-refractivity contribution < 1.29 is 8.42 Å². The Morgan fingerprint density at radius 2 is 1.84 bits per heavy atom. The highest BCUT2D eigenvalue weighted by Crippen LogP contribution is 2.30. The van der Waals surface area contributed by atoms with Gasteiger partial charge in [0.2, 0.25) is 0 Å². The zero-order chi connectivity index (χ0) is 17.4. The lowest BCUT2D eigenvalue weighted by atomic mass is 9.81. The van der Waals surface area contributed by atoms with Crippen LogP contribution in [0.25, 0.3) is 0 Å². The lowest BCUT2D eigenvalue weighted by molar-refractivity contribution is 0.270. The molecule has 1 heterocycles. The Morgan fingerprint density at radius 1 is 1.16 bits per heavy atom. The molecular weight excluding hydrogens is 451 g/mol. The van der Waals surface area contributed by atoms with Crippen molar-refractivity contribution in [3.05, 3.63) is 0 Å². The summed E-state index contributed by atoms with van der Waals surface area (Å²) in [5.74, 6) is 3.17. The summed E-state index contributed by atoms with van der Waals surface area (Å²) in [5.41, 5.74) is 0. The maximum Gasteiger partial charge on any atom is 0.191 e. The summed E-state index contributed by atoms with van der Waals surface area (Å²) in [4.78, 5) is 6.47. The topological polar surface area (TPSA) is 73.8 Å². The van der Waals surface area contributed by atoms with Crippen molar-refractivity contribution in [2.45, 2.75) is 39.0 Å². The zero-order valence-corrected chi connectivity index (χ0v) is 18.8. The minimum atomic E-state index is -2.79. The smallest absolute Gasteiger partial charge is 0.191 e. The van der Waals surface area contributed by atoms with Crippen LogP contribution in [0.2, 0.25) is 0 Å². The van der Waals surface area contributed by atoms with Crippen LogP contribution in [-0.2, 0) is 9.84 Å². The number of nitrogens with zero attached hydrogens (tertiary/aromatic N) is 2. The average Bonchev–Trinajstić information content (AvgIpc) is 2.55. The van der Waals surface area contributed by atoms with Gasteiger partial charge in [0.05, 0.1) is 11.5 Å². The molecule has 0 aromatic heterocycles. The molecule has 0 spiro atoms. The second-order valence-corrected chi connectivity index (χ2v) is 9.65. The van der Waals surface area contributed by atoms with Gasteiger partial charge in [-0.1, -0.05) is 26.2 Å². The fourth-order valence-electron chi connectivity index (χ4n) is 3.74. The Morgan fingerprint density at radius 3 is 2.48 bits per heavy atom. The van der Waals surface area contributed by atoms with Crippen LogP contribution in [0.1, 0.15) is 39.0 Å². The summed E-state index contributed by atoms with van der Waals surface area (Å²) in [5, 5.41) is 6.74. The predicted molar refractivity (Wildman–Crippen MR) is 116 cm³/mol. The minimum absolute atomic E-state index is 0. The highest BCUT2D eigenvalue weighted by atomic mass is 127. The third-order valence-corrected chi connectivity index (χ3v) is 6.88. The molecule has 2 N–H and O–H groups in total. The normalized spacial score (nSPS) is 27.4. The van der Waals surface area contributed by atoms with Gasteiger partial charge in [0.1, 0.15) is 0 Å². The fraction of sp³-hybridized carbons (Fsp3) is 0.941. The van der Waals surface area contributed by atoms with Crippen LogP contribution in [-0.4, -0.2) is 70.6 Å². The number of hydrogen-bond donors (Lipinski definition) is 2. The van der Waals surface area contributed by atoms with Gasteiger partial charge in [-0.15, -0.1) is 24.0 Å². The lowest BCUT2D eigenvalue weighted by Gasteiger charge is -2.27. The number of guanidine groups is 1. The zero-order valence-electron chi connectivity index (χ0n) is 15.7. The van der Waals surface area contributed by atoms with E-state index in [4.69, 9.17) is 0 Å². The first-order valence-corrected chi connectivity index (χ1v) is 11.2. The second-order valence-electron chi connectivity index (χ2n) is 7.35. The van der Waals surface area contributed by atoms with Crippen LogP contribution in [0, 0.1) is 11.8 Å². The standard InChI is InChI=1S/C17H34N4O2S.HI/c1-15-4-3-5-16(14-15)6-7-19-17(18-2)20-8-9-21-10-12-24(22,23)13-11-21;/h15-16H,3-14H2,1-2H3,(H2,18,19,20);1H.